The zero-order chi connectivity index (χ0) is 14.7. The summed E-state index contributed by atoms with van der Waals surface area (Å²) >= 11 is 0. The van der Waals surface area contributed by atoms with Crippen LogP contribution < -0.4 is 27.4 Å². The van der Waals surface area contributed by atoms with E-state index in [9.17, 15) is 4.79 Å². The number of ether oxygens (including phenoxy) is 2. The van der Waals surface area contributed by atoms with Gasteiger partial charge in [0.2, 0.25) is 0 Å². The molecule has 1 amide bonds. The van der Waals surface area contributed by atoms with Crippen molar-refractivity contribution >= 4 is 11.8 Å². The summed E-state index contributed by atoms with van der Waals surface area (Å²) in [5, 5.41) is 2.80. The van der Waals surface area contributed by atoms with Gasteiger partial charge in [-0.15, -0.1) is 0 Å². The van der Waals surface area contributed by atoms with Gasteiger partial charge in [-0.05, 0) is 19.1 Å². The van der Waals surface area contributed by atoms with Crippen LogP contribution in [0, 0.1) is 5.92 Å². The fourth-order valence-corrected chi connectivity index (χ4v) is 3.33. The third-order valence-electron chi connectivity index (χ3n) is 4.40. The first kappa shape index (κ1) is 16.9. The Hall–Kier alpha value is -1.46. The van der Waals surface area contributed by atoms with Crippen LogP contribution in [0.3, 0.4) is 0 Å². The number of rotatable bonds is 4. The highest BCUT2D eigenvalue weighted by molar-refractivity contribution is 5.85. The van der Waals surface area contributed by atoms with Crippen molar-refractivity contribution < 1.29 is 31.6 Å². The van der Waals surface area contributed by atoms with Crippen LogP contribution >= 0.6 is 0 Å². The Morgan fingerprint density at radius 2 is 2.14 bits per heavy atom. The number of hydrogen-bond donors (Lipinski definition) is 2. The highest BCUT2D eigenvalue weighted by Gasteiger charge is 2.39. The molecule has 0 saturated carbocycles. The molecule has 0 aromatic heterocycles. The molecule has 22 heavy (non-hydrogen) atoms. The van der Waals surface area contributed by atoms with Gasteiger partial charge in [0.15, 0.2) is 6.10 Å². The summed E-state index contributed by atoms with van der Waals surface area (Å²) in [5.74, 6) is 1.30. The fourth-order valence-electron chi connectivity index (χ4n) is 3.33. The summed E-state index contributed by atoms with van der Waals surface area (Å²) in [7, 11) is 0. The number of nitrogens with one attached hydrogen (secondary N) is 2. The first-order chi connectivity index (χ1) is 10.2. The van der Waals surface area contributed by atoms with E-state index in [1.807, 2.05) is 31.2 Å². The smallest absolute Gasteiger partial charge is 0.412 e. The van der Waals surface area contributed by atoms with Gasteiger partial charge in [0, 0.05) is 30.5 Å². The lowest BCUT2D eigenvalue weighted by Crippen LogP contribution is -3.16. The molecule has 3 heterocycles. The van der Waals surface area contributed by atoms with Crippen LogP contribution in [0.2, 0.25) is 0 Å². The largest absolute Gasteiger partial charge is 1.00 e. The Kier molecular flexibility index (Phi) is 5.91. The van der Waals surface area contributed by atoms with Crippen LogP contribution in [-0.4, -0.2) is 38.4 Å². The molecule has 2 bridgehead atoms. The van der Waals surface area contributed by atoms with Crippen molar-refractivity contribution in [2.45, 2.75) is 25.9 Å². The number of piperidine rings is 3. The van der Waals surface area contributed by atoms with E-state index < -0.39 is 0 Å². The predicted molar refractivity (Wildman–Crippen MR) is 79.8 cm³/mol. The predicted octanol–water partition coefficient (Wildman–Crippen LogP) is -1.69. The van der Waals surface area contributed by atoms with Crippen LogP contribution in [0.1, 0.15) is 19.8 Å². The van der Waals surface area contributed by atoms with Crippen molar-refractivity contribution in [3.8, 4) is 5.75 Å². The molecule has 0 radical (unpaired) electrons. The lowest BCUT2D eigenvalue weighted by atomic mass is 9.86. The average Bonchev–Trinajstić information content (AvgIpc) is 2.49. The molecular formula is C16H23ClN2O3. The van der Waals surface area contributed by atoms with Gasteiger partial charge in [-0.3, -0.25) is 5.32 Å². The van der Waals surface area contributed by atoms with Gasteiger partial charge in [-0.1, -0.05) is 6.07 Å². The highest BCUT2D eigenvalue weighted by Crippen LogP contribution is 2.22. The molecule has 1 aromatic carbocycles. The van der Waals surface area contributed by atoms with E-state index in [-0.39, 0.29) is 24.6 Å². The van der Waals surface area contributed by atoms with Gasteiger partial charge < -0.3 is 26.8 Å². The highest BCUT2D eigenvalue weighted by atomic mass is 35.5. The second-order valence-electron chi connectivity index (χ2n) is 5.82. The number of halogens is 1. The van der Waals surface area contributed by atoms with Gasteiger partial charge in [0.1, 0.15) is 12.3 Å². The summed E-state index contributed by atoms with van der Waals surface area (Å²) in [5.41, 5.74) is 0.708. The molecule has 6 heteroatoms. The number of carbonyl (C=O) groups is 1. The molecule has 1 atom stereocenters. The molecule has 0 aliphatic carbocycles. The summed E-state index contributed by atoms with van der Waals surface area (Å²) in [4.78, 5) is 13.6. The van der Waals surface area contributed by atoms with Crippen LogP contribution in [0.25, 0.3) is 0 Å². The number of benzene rings is 1. The van der Waals surface area contributed by atoms with E-state index in [0.29, 0.717) is 18.2 Å². The summed E-state index contributed by atoms with van der Waals surface area (Å²) < 4.78 is 11.0. The second-order valence-corrected chi connectivity index (χ2v) is 5.82. The minimum Gasteiger partial charge on any atom is -1.00 e. The Labute approximate surface area is 137 Å². The van der Waals surface area contributed by atoms with Crippen molar-refractivity contribution in [2.75, 3.05) is 31.6 Å². The molecule has 5 nitrogen and oxygen atoms in total. The molecule has 122 valence electrons. The Morgan fingerprint density at radius 1 is 1.36 bits per heavy atom. The molecule has 2 N–H and O–H groups in total. The van der Waals surface area contributed by atoms with E-state index in [4.69, 9.17) is 9.47 Å². The number of fused-ring (bicyclic) bond motifs is 3. The number of anilines is 1. The molecule has 4 rings (SSSR count). The molecular weight excluding hydrogens is 304 g/mol. The zero-order valence-corrected chi connectivity index (χ0v) is 13.6. The van der Waals surface area contributed by atoms with Crippen LogP contribution in [0.4, 0.5) is 10.5 Å². The standard InChI is InChI=1S/C16H22N2O3.ClH/c1-2-20-14-5-3-4-13(10-14)17-16(19)21-15-11-18-8-6-12(15)7-9-18;/h3-5,10,12,15H,2,6-9,11H2,1H3,(H,17,19);1H. The summed E-state index contributed by atoms with van der Waals surface area (Å²) in [6.07, 6.45) is 2.06. The van der Waals surface area contributed by atoms with Gasteiger partial charge in [0.25, 0.3) is 0 Å². The topological polar surface area (TPSA) is 52.0 Å². The molecule has 3 fully saturated rings. The Balaban J connectivity index is 0.00000176. The maximum Gasteiger partial charge on any atom is 0.412 e. The molecule has 1 unspecified atom stereocenters. The lowest BCUT2D eigenvalue weighted by Gasteiger charge is -2.40. The quantitative estimate of drug-likeness (QED) is 0.695. The second kappa shape index (κ2) is 7.70. The minimum absolute atomic E-state index is 0. The van der Waals surface area contributed by atoms with Gasteiger partial charge in [-0.25, -0.2) is 4.79 Å². The van der Waals surface area contributed by atoms with Crippen molar-refractivity contribution in [1.82, 2.24) is 0 Å². The maximum atomic E-state index is 12.0. The summed E-state index contributed by atoms with van der Waals surface area (Å²) in [6.45, 7) is 5.95. The number of carbonyl (C=O) groups excluding carboxylic acids is 1. The first-order valence-electron chi connectivity index (χ1n) is 7.78. The normalized spacial score (nSPS) is 26.0. The molecule has 3 aliphatic heterocycles. The third kappa shape index (κ3) is 4.05. The Morgan fingerprint density at radius 3 is 2.77 bits per heavy atom. The first-order valence-corrected chi connectivity index (χ1v) is 7.78. The van der Waals surface area contributed by atoms with Gasteiger partial charge >= 0.3 is 6.09 Å². The molecule has 0 spiro atoms. The van der Waals surface area contributed by atoms with Gasteiger partial charge in [0.05, 0.1) is 19.7 Å². The summed E-state index contributed by atoms with van der Waals surface area (Å²) in [6, 6.07) is 7.38. The van der Waals surface area contributed by atoms with E-state index in [1.54, 1.807) is 4.90 Å². The van der Waals surface area contributed by atoms with Gasteiger partial charge in [-0.2, -0.15) is 0 Å². The lowest BCUT2D eigenvalue weighted by molar-refractivity contribution is -0.920. The van der Waals surface area contributed by atoms with E-state index in [1.165, 1.54) is 25.9 Å². The monoisotopic (exact) mass is 326 g/mol. The number of hydrogen-bond acceptors (Lipinski definition) is 3. The fraction of sp³-hybridized carbons (Fsp3) is 0.562. The van der Waals surface area contributed by atoms with Crippen LogP contribution in [-0.2, 0) is 4.74 Å². The number of amides is 1. The van der Waals surface area contributed by atoms with Crippen LogP contribution in [0.15, 0.2) is 24.3 Å². The molecule has 3 aliphatic rings. The van der Waals surface area contributed by atoms with Crippen molar-refractivity contribution in [3.05, 3.63) is 24.3 Å². The third-order valence-corrected chi connectivity index (χ3v) is 4.40. The maximum absolute atomic E-state index is 12.0. The minimum atomic E-state index is -0.359. The molecule has 1 aromatic rings. The van der Waals surface area contributed by atoms with Crippen molar-refractivity contribution in [1.29, 1.82) is 0 Å². The molecule has 3 saturated heterocycles. The zero-order valence-electron chi connectivity index (χ0n) is 12.8. The SMILES string of the molecule is CCOc1cccc(NC(=O)OC2C[NH+]3CCC2CC3)c1.[Cl-]. The van der Waals surface area contributed by atoms with E-state index >= 15 is 0 Å². The van der Waals surface area contributed by atoms with Crippen molar-refractivity contribution in [2.24, 2.45) is 5.92 Å². The van der Waals surface area contributed by atoms with Crippen LogP contribution in [0.5, 0.6) is 5.75 Å². The number of quaternary nitrogens is 1. The van der Waals surface area contributed by atoms with E-state index in [2.05, 4.69) is 5.32 Å². The van der Waals surface area contributed by atoms with Crippen molar-refractivity contribution in [3.63, 3.8) is 0 Å². The average molecular weight is 327 g/mol. The van der Waals surface area contributed by atoms with E-state index in [0.717, 1.165) is 12.3 Å². The Bertz CT molecular complexity index is 504.